The lowest BCUT2D eigenvalue weighted by Gasteiger charge is -2.11. The zero-order chi connectivity index (χ0) is 11.3. The van der Waals surface area contributed by atoms with E-state index >= 15 is 0 Å². The molecule has 0 saturated carbocycles. The molecule has 15 heavy (non-hydrogen) atoms. The molecule has 0 amide bonds. The minimum absolute atomic E-state index is 0.283. The molecule has 4 nitrogen and oxygen atoms in total. The van der Waals surface area contributed by atoms with Crippen LogP contribution in [0.4, 0.5) is 0 Å². The van der Waals surface area contributed by atoms with Crippen LogP contribution in [0.25, 0.3) is 0 Å². The maximum Gasteiger partial charge on any atom is 0.329 e. The first kappa shape index (κ1) is 11.2. The van der Waals surface area contributed by atoms with E-state index in [1.165, 1.54) is 0 Å². The minimum atomic E-state index is -0.990. The monoisotopic (exact) mass is 205 g/mol. The molecule has 4 heteroatoms. The Morgan fingerprint density at radius 2 is 2.13 bits per heavy atom. The number of carbonyl (C=O) groups is 1. The van der Waals surface area contributed by atoms with E-state index in [9.17, 15) is 4.79 Å². The Bertz CT molecular complexity index is 378. The van der Waals surface area contributed by atoms with Crippen molar-refractivity contribution in [3.05, 3.63) is 35.4 Å². The molecule has 0 spiro atoms. The standard InChI is InChI=1S/C11H11NO3/c1-8(15-7-11(13)14)10-4-2-9(6-12)3-5-10/h2-5,8H,7H2,1H3,(H,13,14). The number of hydrogen-bond donors (Lipinski definition) is 1. The van der Waals surface area contributed by atoms with Gasteiger partial charge in [0.05, 0.1) is 17.7 Å². The summed E-state index contributed by atoms with van der Waals surface area (Å²) in [6.07, 6.45) is -0.283. The number of rotatable bonds is 4. The quantitative estimate of drug-likeness (QED) is 0.812. The summed E-state index contributed by atoms with van der Waals surface area (Å²) in [5.41, 5.74) is 1.43. The van der Waals surface area contributed by atoms with Gasteiger partial charge in [-0.1, -0.05) is 12.1 Å². The van der Waals surface area contributed by atoms with Gasteiger partial charge in [-0.05, 0) is 24.6 Å². The molecule has 0 saturated heterocycles. The van der Waals surface area contributed by atoms with Gasteiger partial charge in [-0.25, -0.2) is 4.79 Å². The Kier molecular flexibility index (Phi) is 3.83. The van der Waals surface area contributed by atoms with Crippen molar-refractivity contribution < 1.29 is 14.6 Å². The predicted octanol–water partition coefficient (Wildman–Crippen LogP) is 1.72. The van der Waals surface area contributed by atoms with Gasteiger partial charge in [0, 0.05) is 0 Å². The molecule has 1 aromatic rings. The molecule has 1 rings (SSSR count). The second-order valence-corrected chi connectivity index (χ2v) is 3.08. The summed E-state index contributed by atoms with van der Waals surface area (Å²) < 4.78 is 5.08. The highest BCUT2D eigenvalue weighted by Gasteiger charge is 2.07. The zero-order valence-corrected chi connectivity index (χ0v) is 8.30. The highest BCUT2D eigenvalue weighted by Crippen LogP contribution is 2.16. The van der Waals surface area contributed by atoms with Crippen LogP contribution in [0, 0.1) is 11.3 Å². The molecule has 0 aliphatic rings. The lowest BCUT2D eigenvalue weighted by molar-refractivity contribution is -0.144. The first-order chi connectivity index (χ1) is 7.13. The highest BCUT2D eigenvalue weighted by atomic mass is 16.5. The molecule has 1 atom stereocenters. The van der Waals surface area contributed by atoms with Gasteiger partial charge in [0.25, 0.3) is 0 Å². The van der Waals surface area contributed by atoms with E-state index in [4.69, 9.17) is 15.1 Å². The molecule has 0 aliphatic heterocycles. The van der Waals surface area contributed by atoms with E-state index in [-0.39, 0.29) is 12.7 Å². The lowest BCUT2D eigenvalue weighted by Crippen LogP contribution is -2.09. The van der Waals surface area contributed by atoms with Crippen LogP contribution in [0.1, 0.15) is 24.2 Å². The fourth-order valence-corrected chi connectivity index (χ4v) is 1.12. The van der Waals surface area contributed by atoms with Gasteiger partial charge in [-0.2, -0.15) is 5.26 Å². The molecule has 0 fully saturated rings. The number of ether oxygens (including phenoxy) is 1. The molecule has 0 bridgehead atoms. The maximum absolute atomic E-state index is 10.3. The maximum atomic E-state index is 10.3. The van der Waals surface area contributed by atoms with E-state index in [1.807, 2.05) is 6.07 Å². The SMILES string of the molecule is CC(OCC(=O)O)c1ccc(C#N)cc1. The van der Waals surface area contributed by atoms with E-state index in [0.29, 0.717) is 5.56 Å². The van der Waals surface area contributed by atoms with Gasteiger partial charge in [0.15, 0.2) is 0 Å². The van der Waals surface area contributed by atoms with Crippen LogP contribution < -0.4 is 0 Å². The normalized spacial score (nSPS) is 11.7. The average molecular weight is 205 g/mol. The number of carboxylic acid groups (broad SMARTS) is 1. The van der Waals surface area contributed by atoms with Gasteiger partial charge in [-0.3, -0.25) is 0 Å². The number of carboxylic acids is 1. The Balaban J connectivity index is 2.62. The van der Waals surface area contributed by atoms with Crippen molar-refractivity contribution in [3.63, 3.8) is 0 Å². The summed E-state index contributed by atoms with van der Waals surface area (Å²) in [5, 5.41) is 17.0. The summed E-state index contributed by atoms with van der Waals surface area (Å²) in [5.74, 6) is -0.990. The van der Waals surface area contributed by atoms with Gasteiger partial charge >= 0.3 is 5.97 Å². The van der Waals surface area contributed by atoms with Gasteiger partial charge in [-0.15, -0.1) is 0 Å². The molecule has 1 N–H and O–H groups in total. The molecule has 78 valence electrons. The van der Waals surface area contributed by atoms with Crippen LogP contribution >= 0.6 is 0 Å². The zero-order valence-electron chi connectivity index (χ0n) is 8.30. The highest BCUT2D eigenvalue weighted by molar-refractivity contribution is 5.68. The molecule has 1 unspecified atom stereocenters. The van der Waals surface area contributed by atoms with Crippen molar-refractivity contribution in [1.82, 2.24) is 0 Å². The summed E-state index contributed by atoms with van der Waals surface area (Å²) >= 11 is 0. The van der Waals surface area contributed by atoms with E-state index in [2.05, 4.69) is 0 Å². The number of benzene rings is 1. The Morgan fingerprint density at radius 3 is 2.60 bits per heavy atom. The molecule has 0 heterocycles. The minimum Gasteiger partial charge on any atom is -0.480 e. The van der Waals surface area contributed by atoms with Gasteiger partial charge < -0.3 is 9.84 Å². The van der Waals surface area contributed by atoms with Crippen molar-refractivity contribution >= 4 is 5.97 Å². The topological polar surface area (TPSA) is 70.3 Å². The van der Waals surface area contributed by atoms with Crippen LogP contribution in [0.3, 0.4) is 0 Å². The molecule has 0 aromatic heterocycles. The fourth-order valence-electron chi connectivity index (χ4n) is 1.12. The van der Waals surface area contributed by atoms with Crippen LogP contribution in [-0.4, -0.2) is 17.7 Å². The van der Waals surface area contributed by atoms with E-state index < -0.39 is 5.97 Å². The molecular formula is C11H11NO3. The van der Waals surface area contributed by atoms with Crippen molar-refractivity contribution in [2.24, 2.45) is 0 Å². The second kappa shape index (κ2) is 5.13. The number of hydrogen-bond acceptors (Lipinski definition) is 3. The predicted molar refractivity (Wildman–Crippen MR) is 53.2 cm³/mol. The summed E-state index contributed by atoms with van der Waals surface area (Å²) in [6.45, 7) is 1.45. The molecule has 1 aromatic carbocycles. The van der Waals surface area contributed by atoms with Gasteiger partial charge in [0.1, 0.15) is 6.61 Å². The van der Waals surface area contributed by atoms with Crippen LogP contribution in [0.2, 0.25) is 0 Å². The molecular weight excluding hydrogens is 194 g/mol. The average Bonchev–Trinajstić information content (AvgIpc) is 2.26. The first-order valence-electron chi connectivity index (χ1n) is 4.47. The van der Waals surface area contributed by atoms with Crippen LogP contribution in [0.5, 0.6) is 0 Å². The Morgan fingerprint density at radius 1 is 1.53 bits per heavy atom. The fraction of sp³-hybridized carbons (Fsp3) is 0.273. The van der Waals surface area contributed by atoms with E-state index in [1.54, 1.807) is 31.2 Å². The number of aliphatic carboxylic acids is 1. The molecule has 0 radical (unpaired) electrons. The van der Waals surface area contributed by atoms with Crippen LogP contribution in [0.15, 0.2) is 24.3 Å². The van der Waals surface area contributed by atoms with Crippen molar-refractivity contribution in [3.8, 4) is 6.07 Å². The van der Waals surface area contributed by atoms with E-state index in [0.717, 1.165) is 5.56 Å². The number of nitriles is 1. The third kappa shape index (κ3) is 3.41. The third-order valence-corrected chi connectivity index (χ3v) is 1.97. The lowest BCUT2D eigenvalue weighted by atomic mass is 10.1. The molecule has 0 aliphatic carbocycles. The Hall–Kier alpha value is -1.86. The van der Waals surface area contributed by atoms with Crippen LogP contribution in [-0.2, 0) is 9.53 Å². The summed E-state index contributed by atoms with van der Waals surface area (Å²) in [4.78, 5) is 10.3. The first-order valence-corrected chi connectivity index (χ1v) is 4.47. The summed E-state index contributed by atoms with van der Waals surface area (Å²) in [7, 11) is 0. The van der Waals surface area contributed by atoms with Gasteiger partial charge in [0.2, 0.25) is 0 Å². The van der Waals surface area contributed by atoms with Crippen molar-refractivity contribution in [2.75, 3.05) is 6.61 Å². The summed E-state index contributed by atoms with van der Waals surface area (Å²) in [6, 6.07) is 8.87. The third-order valence-electron chi connectivity index (χ3n) is 1.97. The number of nitrogens with zero attached hydrogens (tertiary/aromatic N) is 1. The largest absolute Gasteiger partial charge is 0.480 e. The second-order valence-electron chi connectivity index (χ2n) is 3.08. The van der Waals surface area contributed by atoms with Crippen molar-refractivity contribution in [1.29, 1.82) is 5.26 Å². The van der Waals surface area contributed by atoms with Crippen molar-refractivity contribution in [2.45, 2.75) is 13.0 Å². The Labute approximate surface area is 87.7 Å². The smallest absolute Gasteiger partial charge is 0.329 e.